The maximum atomic E-state index is 13.5. The summed E-state index contributed by atoms with van der Waals surface area (Å²) in [7, 11) is 0. The normalized spacial score (nSPS) is 30.5. The van der Waals surface area contributed by atoms with Crippen LogP contribution < -0.4 is 5.73 Å². The van der Waals surface area contributed by atoms with Crippen molar-refractivity contribution in [3.8, 4) is 0 Å². The minimum atomic E-state index is -0.945. The van der Waals surface area contributed by atoms with Crippen molar-refractivity contribution >= 4 is 5.97 Å². The Kier molecular flexibility index (Phi) is 5.95. The van der Waals surface area contributed by atoms with Gasteiger partial charge in [-0.15, -0.1) is 0 Å². The van der Waals surface area contributed by atoms with Gasteiger partial charge in [-0.1, -0.05) is 32.8 Å². The van der Waals surface area contributed by atoms with Gasteiger partial charge in [-0.3, -0.25) is 4.90 Å². The monoisotopic (exact) mass is 325 g/mol. The standard InChI is InChI=1S/C17H28FN3O2/c1-3-8-17(19)11-21(9-12(17)4-2)10-15(23)13-6-5-7-14(22)16(18)20-13/h6-7,12,15,22-23H,3-5,8-11,19H2,1-2H3/t12-,15?,17-/m1/s1. The van der Waals surface area contributed by atoms with E-state index in [-0.39, 0.29) is 11.2 Å². The lowest BCUT2D eigenvalue weighted by Crippen LogP contribution is -2.47. The first-order valence-corrected chi connectivity index (χ1v) is 8.42. The lowest BCUT2D eigenvalue weighted by molar-refractivity contribution is 0.147. The molecule has 0 saturated carbocycles. The van der Waals surface area contributed by atoms with Gasteiger partial charge in [-0.05, 0) is 24.8 Å². The van der Waals surface area contributed by atoms with Crippen LogP contribution in [0.3, 0.4) is 0 Å². The van der Waals surface area contributed by atoms with Crippen molar-refractivity contribution < 1.29 is 14.6 Å². The Balaban J connectivity index is 2.01. The second-order valence-corrected chi connectivity index (χ2v) is 6.65. The van der Waals surface area contributed by atoms with Crippen LogP contribution in [0, 0.1) is 5.92 Å². The summed E-state index contributed by atoms with van der Waals surface area (Å²) in [5.41, 5.74) is 6.62. The Hall–Kier alpha value is -1.24. The largest absolute Gasteiger partial charge is 0.504 e. The van der Waals surface area contributed by atoms with Gasteiger partial charge in [0, 0.05) is 25.2 Å². The minimum Gasteiger partial charge on any atom is -0.504 e. The van der Waals surface area contributed by atoms with Gasteiger partial charge in [0.15, 0.2) is 5.76 Å². The number of β-amino-alcohol motifs (C(OH)–C–C–N with tert-alkyl or cyclic N) is 1. The molecule has 0 bridgehead atoms. The topological polar surface area (TPSA) is 82.1 Å². The highest BCUT2D eigenvalue weighted by atomic mass is 19.1. The molecule has 0 radical (unpaired) electrons. The predicted molar refractivity (Wildman–Crippen MR) is 90.0 cm³/mol. The Labute approximate surface area is 137 Å². The summed E-state index contributed by atoms with van der Waals surface area (Å²) < 4.78 is 13.5. The highest BCUT2D eigenvalue weighted by Gasteiger charge is 2.42. The second-order valence-electron chi connectivity index (χ2n) is 6.65. The van der Waals surface area contributed by atoms with E-state index < -0.39 is 17.8 Å². The van der Waals surface area contributed by atoms with E-state index in [4.69, 9.17) is 5.73 Å². The molecule has 5 nitrogen and oxygen atoms in total. The number of halogens is 1. The van der Waals surface area contributed by atoms with Gasteiger partial charge in [0.25, 0.3) is 5.97 Å². The van der Waals surface area contributed by atoms with Gasteiger partial charge in [-0.2, -0.15) is 4.39 Å². The molecule has 1 unspecified atom stereocenters. The summed E-state index contributed by atoms with van der Waals surface area (Å²) in [6.07, 6.45) is 5.46. The summed E-state index contributed by atoms with van der Waals surface area (Å²) in [4.78, 5) is 5.84. The highest BCUT2D eigenvalue weighted by Crippen LogP contribution is 2.32. The van der Waals surface area contributed by atoms with Crippen molar-refractivity contribution in [3.05, 3.63) is 23.6 Å². The van der Waals surface area contributed by atoms with Crippen molar-refractivity contribution in [3.63, 3.8) is 0 Å². The summed E-state index contributed by atoms with van der Waals surface area (Å²) in [5, 5.41) is 19.7. The first-order valence-electron chi connectivity index (χ1n) is 8.42. The van der Waals surface area contributed by atoms with Gasteiger partial charge < -0.3 is 15.9 Å². The molecule has 2 aliphatic heterocycles. The molecule has 23 heavy (non-hydrogen) atoms. The van der Waals surface area contributed by atoms with Crippen molar-refractivity contribution in [2.75, 3.05) is 19.6 Å². The highest BCUT2D eigenvalue weighted by molar-refractivity contribution is 5.91. The number of aliphatic imine (C=N–C) groups is 1. The quantitative estimate of drug-likeness (QED) is 0.700. The first-order chi connectivity index (χ1) is 10.9. The molecule has 0 aromatic carbocycles. The first kappa shape index (κ1) is 18.1. The summed E-state index contributed by atoms with van der Waals surface area (Å²) in [5.74, 6) is -1.01. The number of likely N-dealkylation sites (tertiary alicyclic amines) is 1. The van der Waals surface area contributed by atoms with Crippen molar-refractivity contribution in [2.45, 2.75) is 51.2 Å². The van der Waals surface area contributed by atoms with Crippen molar-refractivity contribution in [2.24, 2.45) is 16.6 Å². The van der Waals surface area contributed by atoms with Crippen LogP contribution in [0.5, 0.6) is 0 Å². The fourth-order valence-electron chi connectivity index (χ4n) is 3.67. The van der Waals surface area contributed by atoms with Gasteiger partial charge in [-0.25, -0.2) is 4.99 Å². The number of rotatable bonds is 6. The molecule has 0 aromatic heterocycles. The molecular formula is C17H28FN3O2. The van der Waals surface area contributed by atoms with Gasteiger partial charge in [0.1, 0.15) is 6.10 Å². The van der Waals surface area contributed by atoms with E-state index in [0.29, 0.717) is 18.9 Å². The Morgan fingerprint density at radius 3 is 2.87 bits per heavy atom. The van der Waals surface area contributed by atoms with Crippen LogP contribution >= 0.6 is 0 Å². The summed E-state index contributed by atoms with van der Waals surface area (Å²) >= 11 is 0. The van der Waals surface area contributed by atoms with Crippen LogP contribution in [0.4, 0.5) is 4.39 Å². The Morgan fingerprint density at radius 2 is 2.22 bits per heavy atom. The summed E-state index contributed by atoms with van der Waals surface area (Å²) in [6.45, 7) is 6.23. The molecule has 0 aromatic rings. The molecule has 2 rings (SSSR count). The molecule has 0 aliphatic carbocycles. The van der Waals surface area contributed by atoms with Crippen LogP contribution in [0.25, 0.3) is 0 Å². The van der Waals surface area contributed by atoms with Gasteiger partial charge in [0.05, 0.1) is 5.70 Å². The number of allylic oxidation sites excluding steroid dienone is 3. The average Bonchev–Trinajstić information content (AvgIpc) is 2.70. The molecule has 1 fully saturated rings. The average molecular weight is 325 g/mol. The van der Waals surface area contributed by atoms with E-state index in [1.165, 1.54) is 6.08 Å². The van der Waals surface area contributed by atoms with Crippen LogP contribution in [0.2, 0.25) is 0 Å². The van der Waals surface area contributed by atoms with Crippen LogP contribution in [-0.4, -0.2) is 52.4 Å². The van der Waals surface area contributed by atoms with Crippen LogP contribution in [-0.2, 0) is 0 Å². The van der Waals surface area contributed by atoms with Crippen LogP contribution in [0.1, 0.15) is 39.5 Å². The zero-order valence-electron chi connectivity index (χ0n) is 14.0. The van der Waals surface area contributed by atoms with Crippen LogP contribution in [0.15, 0.2) is 28.6 Å². The number of hydrogen-bond acceptors (Lipinski definition) is 5. The fraction of sp³-hybridized carbons (Fsp3) is 0.706. The Morgan fingerprint density at radius 1 is 1.48 bits per heavy atom. The fourth-order valence-corrected chi connectivity index (χ4v) is 3.67. The summed E-state index contributed by atoms with van der Waals surface area (Å²) in [6, 6.07) is 0. The van der Waals surface area contributed by atoms with E-state index in [2.05, 4.69) is 23.7 Å². The third-order valence-electron chi connectivity index (χ3n) is 4.87. The van der Waals surface area contributed by atoms with E-state index in [1.54, 1.807) is 6.08 Å². The number of hydrogen-bond donors (Lipinski definition) is 3. The second kappa shape index (κ2) is 7.55. The van der Waals surface area contributed by atoms with E-state index in [9.17, 15) is 14.6 Å². The Bertz CT molecular complexity index is 518. The molecule has 0 amide bonds. The molecule has 3 atom stereocenters. The molecule has 4 N–H and O–H groups in total. The van der Waals surface area contributed by atoms with Crippen molar-refractivity contribution in [1.29, 1.82) is 0 Å². The lowest BCUT2D eigenvalue weighted by Gasteiger charge is -2.29. The number of nitrogens with zero attached hydrogens (tertiary/aromatic N) is 2. The molecule has 1 saturated heterocycles. The third kappa shape index (κ3) is 4.19. The zero-order chi connectivity index (χ0) is 17.0. The molecular weight excluding hydrogens is 297 g/mol. The minimum absolute atomic E-state index is 0.213. The third-order valence-corrected chi connectivity index (χ3v) is 4.87. The maximum Gasteiger partial charge on any atom is 0.254 e. The molecule has 2 aliphatic rings. The lowest BCUT2D eigenvalue weighted by atomic mass is 9.83. The zero-order valence-corrected chi connectivity index (χ0v) is 14.0. The van der Waals surface area contributed by atoms with E-state index >= 15 is 0 Å². The number of aliphatic hydroxyl groups is 2. The van der Waals surface area contributed by atoms with Gasteiger partial charge >= 0.3 is 0 Å². The molecule has 130 valence electrons. The molecule has 0 spiro atoms. The van der Waals surface area contributed by atoms with Gasteiger partial charge in [0.2, 0.25) is 0 Å². The van der Waals surface area contributed by atoms with Crippen molar-refractivity contribution in [1.82, 2.24) is 4.90 Å². The smallest absolute Gasteiger partial charge is 0.254 e. The SMILES string of the molecule is CCC[C@@]1(N)CN(CC(O)C2=CCC=C(O)C(F)=N2)C[C@H]1CC. The number of nitrogens with two attached hydrogens (primary N) is 1. The van der Waals surface area contributed by atoms with E-state index in [1.807, 2.05) is 0 Å². The predicted octanol–water partition coefficient (Wildman–Crippen LogP) is 2.28. The number of aliphatic hydroxyl groups excluding tert-OH is 2. The molecule has 6 heteroatoms. The van der Waals surface area contributed by atoms with E-state index in [0.717, 1.165) is 32.4 Å². The maximum absolute atomic E-state index is 13.5. The molecule has 2 heterocycles.